The summed E-state index contributed by atoms with van der Waals surface area (Å²) < 4.78 is 39.0. The first-order valence-corrected chi connectivity index (χ1v) is 14.3. The van der Waals surface area contributed by atoms with Crippen LogP contribution in [0.15, 0.2) is 42.7 Å². The molecule has 1 aliphatic carbocycles. The third-order valence-corrected chi connectivity index (χ3v) is 7.41. The molecule has 0 atom stereocenters. The first-order valence-electron chi connectivity index (χ1n) is 14.3. The molecule has 0 radical (unpaired) electrons. The lowest BCUT2D eigenvalue weighted by molar-refractivity contribution is -0.115. The molecule has 1 amide bonds. The van der Waals surface area contributed by atoms with Crippen LogP contribution in [0.3, 0.4) is 0 Å². The van der Waals surface area contributed by atoms with Crippen LogP contribution < -0.4 is 20.1 Å². The summed E-state index contributed by atoms with van der Waals surface area (Å²) >= 11 is 0. The molecule has 0 bridgehead atoms. The van der Waals surface area contributed by atoms with Crippen molar-refractivity contribution in [3.05, 3.63) is 60.1 Å². The Bertz CT molecular complexity index is 1550. The topological polar surface area (TPSA) is 138 Å². The van der Waals surface area contributed by atoms with Gasteiger partial charge < -0.3 is 30.1 Å². The van der Waals surface area contributed by atoms with Crippen molar-refractivity contribution in [2.75, 3.05) is 50.6 Å². The number of aliphatic hydroxyl groups is 1. The Balaban J connectivity index is 1.20. The van der Waals surface area contributed by atoms with Gasteiger partial charge in [0.15, 0.2) is 29.0 Å². The number of benzene rings is 2. The molecule has 2 heterocycles. The Morgan fingerprint density at radius 1 is 1.16 bits per heavy atom. The third kappa shape index (κ3) is 7.73. The van der Waals surface area contributed by atoms with Gasteiger partial charge in [0, 0.05) is 42.8 Å². The van der Waals surface area contributed by atoms with E-state index in [4.69, 9.17) is 9.47 Å². The Hall–Kier alpha value is -4.36. The molecule has 43 heavy (non-hydrogen) atoms. The molecule has 228 valence electrons. The molecule has 0 spiro atoms. The molecule has 1 fully saturated rings. The van der Waals surface area contributed by atoms with Crippen LogP contribution in [0.2, 0.25) is 0 Å². The molecule has 0 unspecified atom stereocenters. The molecular formula is C30H35F2N7O4. The molecule has 11 nitrogen and oxygen atoms in total. The molecule has 13 heteroatoms. The van der Waals surface area contributed by atoms with Crippen LogP contribution in [-0.4, -0.2) is 76.0 Å². The number of aromatic nitrogens is 4. The third-order valence-electron chi connectivity index (χ3n) is 7.41. The number of nitrogens with one attached hydrogen (secondary N) is 3. The van der Waals surface area contributed by atoms with E-state index in [2.05, 4.69) is 35.7 Å². The number of hydrogen-bond donors (Lipinski definition) is 4. The van der Waals surface area contributed by atoms with Crippen LogP contribution in [0.4, 0.5) is 26.1 Å². The number of H-pyrrole nitrogens is 1. The van der Waals surface area contributed by atoms with E-state index in [9.17, 15) is 18.7 Å². The van der Waals surface area contributed by atoms with Crippen LogP contribution >= 0.6 is 0 Å². The van der Waals surface area contributed by atoms with E-state index >= 15 is 0 Å². The van der Waals surface area contributed by atoms with E-state index < -0.39 is 17.5 Å². The molecule has 5 rings (SSSR count). The van der Waals surface area contributed by atoms with Crippen molar-refractivity contribution in [2.24, 2.45) is 5.92 Å². The predicted molar refractivity (Wildman–Crippen MR) is 158 cm³/mol. The average Bonchev–Trinajstić information content (AvgIpc) is 3.41. The molecule has 1 aliphatic rings. The number of nitrogens with zero attached hydrogens (tertiary/aromatic N) is 4. The van der Waals surface area contributed by atoms with Crippen LogP contribution in [0, 0.1) is 17.6 Å². The largest absolute Gasteiger partial charge is 0.493 e. The summed E-state index contributed by atoms with van der Waals surface area (Å²) in [6.07, 6.45) is 5.92. The Kier molecular flexibility index (Phi) is 9.95. The van der Waals surface area contributed by atoms with E-state index in [1.165, 1.54) is 37.7 Å². The normalized spacial score (nSPS) is 13.2. The number of aromatic amines is 1. The summed E-state index contributed by atoms with van der Waals surface area (Å²) in [6.45, 7) is 3.17. The number of aliphatic hydroxyl groups excluding tert-OH is 1. The lowest BCUT2D eigenvalue weighted by Gasteiger charge is -2.32. The van der Waals surface area contributed by atoms with Crippen molar-refractivity contribution in [1.29, 1.82) is 0 Å². The SMILES string of the molecule is COc1cc2c(Nc3cc(CC(=O)Nc4cccc(F)c4F)[nH]n3)ncnc2cc1OCCCN(CCO)CC1CCC1. The van der Waals surface area contributed by atoms with Gasteiger partial charge in [-0.15, -0.1) is 0 Å². The van der Waals surface area contributed by atoms with Crippen molar-refractivity contribution in [3.63, 3.8) is 0 Å². The summed E-state index contributed by atoms with van der Waals surface area (Å²) in [4.78, 5) is 23.4. The number of fused-ring (bicyclic) bond motifs is 1. The number of hydrogen-bond acceptors (Lipinski definition) is 9. The second-order valence-corrected chi connectivity index (χ2v) is 10.5. The molecule has 2 aromatic carbocycles. The Morgan fingerprint density at radius 2 is 2.02 bits per heavy atom. The molecule has 4 aromatic rings. The number of carbonyl (C=O) groups is 1. The zero-order chi connectivity index (χ0) is 30.2. The van der Waals surface area contributed by atoms with Crippen LogP contribution in [0.1, 0.15) is 31.4 Å². The summed E-state index contributed by atoms with van der Waals surface area (Å²) in [6, 6.07) is 8.78. The highest BCUT2D eigenvalue weighted by Gasteiger charge is 2.20. The number of halogens is 2. The van der Waals surface area contributed by atoms with Crippen molar-refractivity contribution in [1.82, 2.24) is 25.1 Å². The molecular weight excluding hydrogens is 560 g/mol. The quantitative estimate of drug-likeness (QED) is 0.147. The lowest BCUT2D eigenvalue weighted by Crippen LogP contribution is -2.35. The van der Waals surface area contributed by atoms with Crippen LogP contribution in [0.25, 0.3) is 10.9 Å². The zero-order valence-electron chi connectivity index (χ0n) is 23.9. The van der Waals surface area contributed by atoms with Gasteiger partial charge in [-0.25, -0.2) is 18.7 Å². The Labute approximate surface area is 247 Å². The molecule has 0 saturated heterocycles. The molecule has 2 aromatic heterocycles. The van der Waals surface area contributed by atoms with Crippen molar-refractivity contribution < 1.29 is 28.2 Å². The first-order chi connectivity index (χ1) is 20.9. The van der Waals surface area contributed by atoms with Crippen molar-refractivity contribution in [2.45, 2.75) is 32.1 Å². The number of amides is 1. The summed E-state index contributed by atoms with van der Waals surface area (Å²) in [5.41, 5.74) is 0.848. The summed E-state index contributed by atoms with van der Waals surface area (Å²) in [7, 11) is 1.56. The zero-order valence-corrected chi connectivity index (χ0v) is 23.9. The fraction of sp³-hybridized carbons (Fsp3) is 0.400. The van der Waals surface area contributed by atoms with Gasteiger partial charge >= 0.3 is 0 Å². The van der Waals surface area contributed by atoms with E-state index in [0.29, 0.717) is 52.9 Å². The first kappa shape index (κ1) is 30.1. The van der Waals surface area contributed by atoms with Crippen LogP contribution in [0.5, 0.6) is 11.5 Å². The van der Waals surface area contributed by atoms with E-state index in [0.717, 1.165) is 31.5 Å². The summed E-state index contributed by atoms with van der Waals surface area (Å²) in [5.74, 6) is -0.0105. The number of methoxy groups -OCH3 is 1. The molecule has 1 saturated carbocycles. The number of anilines is 3. The van der Waals surface area contributed by atoms with Gasteiger partial charge in [-0.05, 0) is 43.4 Å². The van der Waals surface area contributed by atoms with Gasteiger partial charge in [0.25, 0.3) is 0 Å². The monoisotopic (exact) mass is 595 g/mol. The van der Waals surface area contributed by atoms with Crippen molar-refractivity contribution in [3.8, 4) is 11.5 Å². The minimum Gasteiger partial charge on any atom is -0.493 e. The van der Waals surface area contributed by atoms with Gasteiger partial charge in [0.1, 0.15) is 12.1 Å². The Morgan fingerprint density at radius 3 is 2.79 bits per heavy atom. The average molecular weight is 596 g/mol. The highest BCUT2D eigenvalue weighted by atomic mass is 19.2. The highest BCUT2D eigenvalue weighted by molar-refractivity contribution is 5.93. The number of rotatable bonds is 15. The van der Waals surface area contributed by atoms with Gasteiger partial charge in [-0.1, -0.05) is 12.5 Å². The van der Waals surface area contributed by atoms with Gasteiger partial charge in [0.05, 0.1) is 37.9 Å². The summed E-state index contributed by atoms with van der Waals surface area (Å²) in [5, 5.41) is 22.5. The highest BCUT2D eigenvalue weighted by Crippen LogP contribution is 2.35. The second kappa shape index (κ2) is 14.2. The maximum absolute atomic E-state index is 13.9. The molecule has 4 N–H and O–H groups in total. The molecule has 0 aliphatic heterocycles. The van der Waals surface area contributed by atoms with Crippen molar-refractivity contribution >= 4 is 34.1 Å². The maximum Gasteiger partial charge on any atom is 0.230 e. The van der Waals surface area contributed by atoms with E-state index in [1.54, 1.807) is 25.3 Å². The van der Waals surface area contributed by atoms with Crippen LogP contribution in [-0.2, 0) is 11.2 Å². The smallest absolute Gasteiger partial charge is 0.230 e. The number of carbonyl (C=O) groups excluding carboxylic acids is 1. The van der Waals surface area contributed by atoms with E-state index in [1.807, 2.05) is 0 Å². The fourth-order valence-electron chi connectivity index (χ4n) is 4.99. The van der Waals surface area contributed by atoms with Gasteiger partial charge in [-0.2, -0.15) is 5.10 Å². The predicted octanol–water partition coefficient (Wildman–Crippen LogP) is 4.43. The van der Waals surface area contributed by atoms with Gasteiger partial charge in [0.2, 0.25) is 5.91 Å². The number of ether oxygens (including phenoxy) is 2. The van der Waals surface area contributed by atoms with Gasteiger partial charge in [-0.3, -0.25) is 9.89 Å². The minimum absolute atomic E-state index is 0.137. The maximum atomic E-state index is 13.9. The minimum atomic E-state index is -1.12. The fourth-order valence-corrected chi connectivity index (χ4v) is 4.99. The lowest BCUT2D eigenvalue weighted by atomic mass is 9.85. The standard InChI is InChI=1S/C30H35F2N7O4/c1-42-25-15-21-24(16-26(25)43-12-4-9-39(10-11-40)17-19-5-2-6-19)33-18-34-30(21)36-27-13-20(37-38-27)14-28(41)35-23-8-3-7-22(31)29(23)32/h3,7-8,13,15-16,18-19,40H,2,4-6,9-12,14,17H2,1H3,(H,35,41)(H2,33,34,36,37,38). The second-order valence-electron chi connectivity index (χ2n) is 10.5. The van der Waals surface area contributed by atoms with E-state index in [-0.39, 0.29) is 18.7 Å².